The molecule has 11 aromatic rings. The second-order valence-corrected chi connectivity index (χ2v) is 22.9. The highest BCUT2D eigenvalue weighted by molar-refractivity contribution is 6.13. The normalized spacial score (nSPS) is 16.5. The molecule has 4 aliphatic carbocycles. The van der Waals surface area contributed by atoms with Gasteiger partial charge in [-0.2, -0.15) is 0 Å². The quantitative estimate of drug-likeness (QED) is 0.177. The standard InChI is InChI=1S/C67H53NO2/c1-36-18-20-37(21-19-36)68(38-22-24-40-46-32-56-48(34-54(46)66(6,7)52(40)30-38)60-50(64(56,2)3)28-26-44-42-14-10-12-16-58(42)69-62(44)60)39-23-25-41-47-33-57-49(35-55(47)67(8,9)53(41)31-39)61-51(65(57,4)5)29-27-45-43-15-11-13-17-59(43)70-63(45)61/h10-35H,1-9H3. The van der Waals surface area contributed by atoms with Crippen molar-refractivity contribution < 1.29 is 8.83 Å². The summed E-state index contributed by atoms with van der Waals surface area (Å²) in [5, 5.41) is 4.71. The summed E-state index contributed by atoms with van der Waals surface area (Å²) in [7, 11) is 0. The summed E-state index contributed by atoms with van der Waals surface area (Å²) in [4.78, 5) is 2.48. The molecule has 0 bridgehead atoms. The van der Waals surface area contributed by atoms with E-state index in [4.69, 9.17) is 8.83 Å². The number of fused-ring (bicyclic) bond motifs is 20. The molecule has 2 heterocycles. The summed E-state index contributed by atoms with van der Waals surface area (Å²) in [6.45, 7) is 21.3. The molecule has 9 aromatic carbocycles. The van der Waals surface area contributed by atoms with E-state index in [1.807, 2.05) is 0 Å². The third kappa shape index (κ3) is 4.90. The number of rotatable bonds is 3. The smallest absolute Gasteiger partial charge is 0.143 e. The van der Waals surface area contributed by atoms with E-state index >= 15 is 0 Å². The lowest BCUT2D eigenvalue weighted by atomic mass is 9.79. The summed E-state index contributed by atoms with van der Waals surface area (Å²) in [5.41, 5.74) is 29.0. The Hall–Kier alpha value is -7.62. The molecule has 0 aliphatic heterocycles. The van der Waals surface area contributed by atoms with Crippen LogP contribution in [-0.2, 0) is 21.7 Å². The number of benzene rings is 9. The molecule has 2 aromatic heterocycles. The number of nitrogens with zero attached hydrogens (tertiary/aromatic N) is 1. The average Bonchev–Trinajstić information content (AvgIpc) is 4.14. The van der Waals surface area contributed by atoms with Crippen molar-refractivity contribution in [2.45, 2.75) is 84.0 Å². The van der Waals surface area contributed by atoms with Gasteiger partial charge in [0.15, 0.2) is 0 Å². The van der Waals surface area contributed by atoms with Gasteiger partial charge >= 0.3 is 0 Å². The third-order valence-corrected chi connectivity index (χ3v) is 17.7. The predicted molar refractivity (Wildman–Crippen MR) is 291 cm³/mol. The van der Waals surface area contributed by atoms with Gasteiger partial charge in [0.05, 0.1) is 0 Å². The van der Waals surface area contributed by atoms with Crippen LogP contribution in [0.1, 0.15) is 105 Å². The molecule has 338 valence electrons. The van der Waals surface area contributed by atoms with Crippen molar-refractivity contribution in [3.05, 3.63) is 208 Å². The summed E-state index contributed by atoms with van der Waals surface area (Å²) < 4.78 is 13.4. The molecular formula is C67H53NO2. The highest BCUT2D eigenvalue weighted by Crippen LogP contribution is 2.61. The lowest BCUT2D eigenvalue weighted by molar-refractivity contribution is 0.649. The fourth-order valence-corrected chi connectivity index (χ4v) is 13.8. The fraction of sp³-hybridized carbons (Fsp3) is 0.194. The summed E-state index contributed by atoms with van der Waals surface area (Å²) in [6.07, 6.45) is 0. The first-order valence-corrected chi connectivity index (χ1v) is 25.1. The van der Waals surface area contributed by atoms with Crippen molar-refractivity contribution in [3.8, 4) is 44.5 Å². The predicted octanol–water partition coefficient (Wildman–Crippen LogP) is 18.5. The van der Waals surface area contributed by atoms with Crippen LogP contribution >= 0.6 is 0 Å². The van der Waals surface area contributed by atoms with Crippen LogP contribution < -0.4 is 4.90 Å². The van der Waals surface area contributed by atoms with Gasteiger partial charge in [-0.15, -0.1) is 0 Å². The molecule has 4 aliphatic rings. The zero-order valence-electron chi connectivity index (χ0n) is 41.3. The number of anilines is 3. The Morgan fingerprint density at radius 3 is 1.14 bits per heavy atom. The maximum Gasteiger partial charge on any atom is 0.143 e. The summed E-state index contributed by atoms with van der Waals surface area (Å²) >= 11 is 0. The van der Waals surface area contributed by atoms with Crippen LogP contribution in [0.25, 0.3) is 88.4 Å². The van der Waals surface area contributed by atoms with Gasteiger partial charge in [0.1, 0.15) is 22.3 Å². The van der Waals surface area contributed by atoms with Crippen LogP contribution in [0.2, 0.25) is 0 Å². The number of hydrogen-bond acceptors (Lipinski definition) is 3. The van der Waals surface area contributed by atoms with Gasteiger partial charge < -0.3 is 13.7 Å². The van der Waals surface area contributed by atoms with Gasteiger partial charge in [0.25, 0.3) is 0 Å². The highest BCUT2D eigenvalue weighted by Gasteiger charge is 2.45. The second-order valence-electron chi connectivity index (χ2n) is 22.9. The molecule has 0 atom stereocenters. The van der Waals surface area contributed by atoms with Gasteiger partial charge in [0, 0.05) is 71.4 Å². The zero-order valence-corrected chi connectivity index (χ0v) is 41.3. The molecule has 0 N–H and O–H groups in total. The lowest BCUT2D eigenvalue weighted by Crippen LogP contribution is -2.18. The first-order valence-electron chi connectivity index (χ1n) is 25.1. The minimum absolute atomic E-state index is 0.176. The molecule has 0 fully saturated rings. The van der Waals surface area contributed by atoms with E-state index in [1.54, 1.807) is 0 Å². The van der Waals surface area contributed by atoms with Crippen molar-refractivity contribution in [2.24, 2.45) is 0 Å². The average molecular weight is 904 g/mol. The van der Waals surface area contributed by atoms with E-state index in [9.17, 15) is 0 Å². The minimum atomic E-state index is -0.244. The van der Waals surface area contributed by atoms with E-state index in [-0.39, 0.29) is 21.7 Å². The molecule has 3 nitrogen and oxygen atoms in total. The Kier molecular flexibility index (Phi) is 7.46. The van der Waals surface area contributed by atoms with Crippen molar-refractivity contribution in [1.29, 1.82) is 0 Å². The number of aryl methyl sites for hydroxylation is 1. The molecule has 0 radical (unpaired) electrons. The second kappa shape index (κ2) is 13.0. The van der Waals surface area contributed by atoms with Crippen LogP contribution in [0, 0.1) is 6.92 Å². The van der Waals surface area contributed by atoms with Gasteiger partial charge in [-0.1, -0.05) is 146 Å². The zero-order chi connectivity index (χ0) is 47.5. The first-order chi connectivity index (χ1) is 33.6. The van der Waals surface area contributed by atoms with Gasteiger partial charge in [-0.05, 0) is 158 Å². The maximum absolute atomic E-state index is 6.72. The van der Waals surface area contributed by atoms with Gasteiger partial charge in [-0.25, -0.2) is 0 Å². The van der Waals surface area contributed by atoms with Crippen LogP contribution in [0.4, 0.5) is 17.1 Å². The van der Waals surface area contributed by atoms with Crippen molar-refractivity contribution in [1.82, 2.24) is 0 Å². The van der Waals surface area contributed by atoms with Crippen LogP contribution in [0.5, 0.6) is 0 Å². The van der Waals surface area contributed by atoms with Crippen LogP contribution in [-0.4, -0.2) is 0 Å². The van der Waals surface area contributed by atoms with Crippen molar-refractivity contribution in [2.75, 3.05) is 4.90 Å². The fourth-order valence-electron chi connectivity index (χ4n) is 13.8. The van der Waals surface area contributed by atoms with E-state index < -0.39 is 0 Å². The maximum atomic E-state index is 6.72. The highest BCUT2D eigenvalue weighted by atomic mass is 16.3. The van der Waals surface area contributed by atoms with Gasteiger partial charge in [-0.3, -0.25) is 0 Å². The first kappa shape index (κ1) is 40.3. The van der Waals surface area contributed by atoms with E-state index in [2.05, 4.69) is 225 Å². The molecule has 3 heteroatoms. The molecule has 15 rings (SSSR count). The van der Waals surface area contributed by atoms with E-state index in [0.717, 1.165) is 39.4 Å². The number of furan rings is 2. The molecule has 0 saturated carbocycles. The molecule has 0 saturated heterocycles. The van der Waals surface area contributed by atoms with E-state index in [0.29, 0.717) is 0 Å². The minimum Gasteiger partial charge on any atom is -0.455 e. The SMILES string of the molecule is Cc1ccc(N(c2ccc3c(c2)C(C)(C)c2cc4c(cc2-3)C(C)(C)c2ccc3c(oc5ccccc53)c2-4)c2ccc3c(c2)C(C)(C)c2cc4c(cc2-3)C(C)(C)c2ccc3c(oc5ccccc53)c2-4)cc1. The summed E-state index contributed by atoms with van der Waals surface area (Å²) in [5.74, 6) is 0. The molecule has 0 spiro atoms. The van der Waals surface area contributed by atoms with Crippen molar-refractivity contribution >= 4 is 60.9 Å². The number of hydrogen-bond donors (Lipinski definition) is 0. The van der Waals surface area contributed by atoms with Crippen LogP contribution in [0.3, 0.4) is 0 Å². The summed E-state index contributed by atoms with van der Waals surface area (Å²) in [6, 6.07) is 59.7. The number of para-hydroxylation sites is 2. The van der Waals surface area contributed by atoms with Gasteiger partial charge in [0.2, 0.25) is 0 Å². The van der Waals surface area contributed by atoms with Crippen LogP contribution in [0.15, 0.2) is 167 Å². The Morgan fingerprint density at radius 2 is 0.686 bits per heavy atom. The van der Waals surface area contributed by atoms with E-state index in [1.165, 1.54) is 116 Å². The Labute approximate surface area is 409 Å². The molecule has 70 heavy (non-hydrogen) atoms. The molecule has 0 unspecified atom stereocenters. The van der Waals surface area contributed by atoms with Crippen molar-refractivity contribution in [3.63, 3.8) is 0 Å². The Balaban J connectivity index is 0.858. The lowest BCUT2D eigenvalue weighted by Gasteiger charge is -2.30. The topological polar surface area (TPSA) is 29.5 Å². The molecule has 0 amide bonds. The largest absolute Gasteiger partial charge is 0.455 e. The third-order valence-electron chi connectivity index (χ3n) is 17.7. The monoisotopic (exact) mass is 903 g/mol. The Bertz CT molecular complexity index is 3940. The molecular weight excluding hydrogens is 851 g/mol. The Morgan fingerprint density at radius 1 is 0.314 bits per heavy atom.